The van der Waals surface area contributed by atoms with Crippen LogP contribution in [0.3, 0.4) is 0 Å². The van der Waals surface area contributed by atoms with Gasteiger partial charge in [-0.15, -0.1) is 0 Å². The standard InChI is InChI=1S/C66H38N6/c1-5-17-51-47(13-1)49-15-3-7-19-53(49)61-59(51)69-65-55-21-9-11-23-57(55)67-63(71(61)65)41-29-25-39(26-30-41)43-33-35-46-38-44(34-36-45(46)37-43)40-27-31-42(32-28-40)64-68-58-24-12-10-22-56(58)66-70-60-52-18-6-2-14-48(52)50-16-4-8-20-54(50)62(60)72(64)66/h1-38H. The second kappa shape index (κ2) is 14.9. The second-order valence-corrected chi connectivity index (χ2v) is 19.0. The molecule has 0 fully saturated rings. The number of hydrogen-bond donors (Lipinski definition) is 0. The topological polar surface area (TPSA) is 60.4 Å². The molecule has 0 aliphatic rings. The molecule has 0 saturated heterocycles. The van der Waals surface area contributed by atoms with Crippen molar-refractivity contribution in [2.75, 3.05) is 0 Å². The highest BCUT2D eigenvalue weighted by atomic mass is 15.1. The van der Waals surface area contributed by atoms with Crippen molar-refractivity contribution in [3.05, 3.63) is 231 Å². The Morgan fingerprint density at radius 2 is 0.542 bits per heavy atom. The van der Waals surface area contributed by atoms with Crippen LogP contribution in [-0.2, 0) is 0 Å². The lowest BCUT2D eigenvalue weighted by atomic mass is 9.96. The van der Waals surface area contributed by atoms with Crippen molar-refractivity contribution in [2.45, 2.75) is 0 Å². The van der Waals surface area contributed by atoms with Gasteiger partial charge in [-0.1, -0.05) is 194 Å². The molecular formula is C66H38N6. The largest absolute Gasteiger partial charge is 0.275 e. The molecule has 0 aliphatic heterocycles. The highest BCUT2D eigenvalue weighted by molar-refractivity contribution is 6.26. The Morgan fingerprint density at radius 1 is 0.236 bits per heavy atom. The minimum atomic E-state index is 0.872. The van der Waals surface area contributed by atoms with Gasteiger partial charge in [-0.2, -0.15) is 0 Å². The van der Waals surface area contributed by atoms with E-state index in [2.05, 4.69) is 239 Å². The van der Waals surface area contributed by atoms with Crippen LogP contribution in [0.15, 0.2) is 231 Å². The average Bonchev–Trinajstić information content (AvgIpc) is 4.07. The molecule has 0 N–H and O–H groups in total. The Kier molecular flexibility index (Phi) is 8.07. The van der Waals surface area contributed by atoms with Crippen LogP contribution < -0.4 is 0 Å². The van der Waals surface area contributed by atoms with E-state index in [9.17, 15) is 0 Å². The van der Waals surface area contributed by atoms with Crippen LogP contribution in [0.2, 0.25) is 0 Å². The summed E-state index contributed by atoms with van der Waals surface area (Å²) in [6, 6.07) is 82.5. The van der Waals surface area contributed by atoms with Crippen LogP contribution in [0.5, 0.6) is 0 Å². The molecular weight excluding hydrogens is 877 g/mol. The third kappa shape index (κ3) is 5.60. The van der Waals surface area contributed by atoms with Gasteiger partial charge in [0.05, 0.1) is 33.1 Å². The van der Waals surface area contributed by atoms with Crippen molar-refractivity contribution in [1.29, 1.82) is 0 Å². The van der Waals surface area contributed by atoms with Gasteiger partial charge in [-0.25, -0.2) is 19.9 Å². The van der Waals surface area contributed by atoms with Crippen LogP contribution in [0.25, 0.3) is 154 Å². The van der Waals surface area contributed by atoms with Crippen LogP contribution in [0.4, 0.5) is 0 Å². The van der Waals surface area contributed by atoms with Gasteiger partial charge in [0.2, 0.25) is 0 Å². The predicted octanol–water partition coefficient (Wildman–Crippen LogP) is 16.8. The van der Waals surface area contributed by atoms with Crippen LogP contribution in [0, 0.1) is 0 Å². The summed E-state index contributed by atoms with van der Waals surface area (Å²) in [5, 5.41) is 13.9. The fourth-order valence-corrected chi connectivity index (χ4v) is 11.6. The molecule has 0 spiro atoms. The van der Waals surface area contributed by atoms with E-state index >= 15 is 0 Å². The van der Waals surface area contributed by atoms with Gasteiger partial charge in [0.25, 0.3) is 0 Å². The van der Waals surface area contributed by atoms with Gasteiger partial charge in [0.15, 0.2) is 0 Å². The van der Waals surface area contributed by atoms with E-state index in [4.69, 9.17) is 19.9 Å². The maximum Gasteiger partial charge on any atom is 0.149 e. The zero-order valence-electron chi connectivity index (χ0n) is 38.6. The van der Waals surface area contributed by atoms with E-state index in [1.165, 1.54) is 32.3 Å². The molecule has 6 heteroatoms. The molecule has 332 valence electrons. The first-order valence-corrected chi connectivity index (χ1v) is 24.5. The number of hydrogen-bond acceptors (Lipinski definition) is 4. The molecule has 0 radical (unpaired) electrons. The van der Waals surface area contributed by atoms with Gasteiger partial charge < -0.3 is 0 Å². The number of fused-ring (bicyclic) bond motifs is 21. The normalized spacial score (nSPS) is 12.2. The Labute approximate surface area is 411 Å². The molecule has 0 saturated carbocycles. The summed E-state index contributed by atoms with van der Waals surface area (Å²) < 4.78 is 4.57. The summed E-state index contributed by atoms with van der Waals surface area (Å²) in [6.45, 7) is 0. The van der Waals surface area contributed by atoms with Crippen molar-refractivity contribution < 1.29 is 0 Å². The molecule has 0 amide bonds. The lowest BCUT2D eigenvalue weighted by Gasteiger charge is -2.12. The smallest absolute Gasteiger partial charge is 0.149 e. The molecule has 12 aromatic carbocycles. The molecule has 4 heterocycles. The van der Waals surface area contributed by atoms with E-state index in [1.807, 2.05) is 0 Å². The Hall–Kier alpha value is -9.78. The zero-order valence-corrected chi connectivity index (χ0v) is 38.6. The quantitative estimate of drug-likeness (QED) is 0.165. The molecule has 16 aromatic rings. The second-order valence-electron chi connectivity index (χ2n) is 19.0. The number of imidazole rings is 2. The molecule has 0 aliphatic carbocycles. The molecule has 72 heavy (non-hydrogen) atoms. The molecule has 4 aromatic heterocycles. The highest BCUT2D eigenvalue weighted by Crippen LogP contribution is 2.41. The predicted molar refractivity (Wildman–Crippen MR) is 299 cm³/mol. The maximum absolute atomic E-state index is 5.40. The van der Waals surface area contributed by atoms with E-state index < -0.39 is 0 Å². The third-order valence-corrected chi connectivity index (χ3v) is 15.0. The molecule has 0 atom stereocenters. The molecule has 0 bridgehead atoms. The van der Waals surface area contributed by atoms with Crippen molar-refractivity contribution in [3.63, 3.8) is 0 Å². The Balaban J connectivity index is 0.764. The van der Waals surface area contributed by atoms with E-state index in [0.717, 1.165) is 122 Å². The third-order valence-electron chi connectivity index (χ3n) is 15.0. The van der Waals surface area contributed by atoms with Crippen molar-refractivity contribution >= 4 is 109 Å². The summed E-state index contributed by atoms with van der Waals surface area (Å²) in [6.07, 6.45) is 0. The lowest BCUT2D eigenvalue weighted by molar-refractivity contribution is 1.16. The van der Waals surface area contributed by atoms with Gasteiger partial charge in [-0.05, 0) is 91.0 Å². The summed E-state index contributed by atoms with van der Waals surface area (Å²) in [5.41, 5.74) is 14.5. The lowest BCUT2D eigenvalue weighted by Crippen LogP contribution is -1.98. The zero-order chi connectivity index (χ0) is 47.0. The number of nitrogens with zero attached hydrogens (tertiary/aromatic N) is 6. The van der Waals surface area contributed by atoms with Crippen LogP contribution >= 0.6 is 0 Å². The average molecular weight is 915 g/mol. The number of para-hydroxylation sites is 2. The first kappa shape index (κ1) is 39.1. The van der Waals surface area contributed by atoms with Gasteiger partial charge in [-0.3, -0.25) is 8.80 Å². The molecule has 16 rings (SSSR count). The first-order valence-electron chi connectivity index (χ1n) is 24.5. The van der Waals surface area contributed by atoms with Crippen molar-refractivity contribution in [1.82, 2.24) is 28.7 Å². The SMILES string of the molecule is c1ccc2c(c1)nc(-c1ccc(-c3ccc4cc(-c5ccc(-c6nc7ccccc7c7nc8c9ccccc9c9ccccc9c8n67)cc5)ccc4c3)cc1)n1c2nc2c3ccccc3c3ccccc3c21. The fraction of sp³-hybridized carbons (Fsp3) is 0. The summed E-state index contributed by atoms with van der Waals surface area (Å²) >= 11 is 0. The fourth-order valence-electron chi connectivity index (χ4n) is 11.6. The molecule has 0 unspecified atom stereocenters. The summed E-state index contributed by atoms with van der Waals surface area (Å²) in [5.74, 6) is 1.74. The summed E-state index contributed by atoms with van der Waals surface area (Å²) in [4.78, 5) is 21.5. The van der Waals surface area contributed by atoms with E-state index in [-0.39, 0.29) is 0 Å². The number of benzene rings is 12. The minimum absolute atomic E-state index is 0.872. The minimum Gasteiger partial charge on any atom is -0.275 e. The monoisotopic (exact) mass is 914 g/mol. The first-order chi connectivity index (χ1) is 35.7. The molecule has 6 nitrogen and oxygen atoms in total. The number of rotatable bonds is 4. The Bertz CT molecular complexity index is 4650. The number of aromatic nitrogens is 6. The van der Waals surface area contributed by atoms with E-state index in [0.29, 0.717) is 0 Å². The maximum atomic E-state index is 5.40. The van der Waals surface area contributed by atoms with Crippen molar-refractivity contribution in [3.8, 4) is 45.0 Å². The van der Waals surface area contributed by atoms with Crippen molar-refractivity contribution in [2.24, 2.45) is 0 Å². The Morgan fingerprint density at radius 3 is 0.944 bits per heavy atom. The van der Waals surface area contributed by atoms with Gasteiger partial charge in [0.1, 0.15) is 22.9 Å². The highest BCUT2D eigenvalue weighted by Gasteiger charge is 2.22. The van der Waals surface area contributed by atoms with Crippen LogP contribution in [-0.4, -0.2) is 28.7 Å². The van der Waals surface area contributed by atoms with E-state index in [1.54, 1.807) is 0 Å². The summed E-state index contributed by atoms with van der Waals surface area (Å²) in [7, 11) is 0. The van der Waals surface area contributed by atoms with Gasteiger partial charge in [0, 0.05) is 43.4 Å². The van der Waals surface area contributed by atoms with Gasteiger partial charge >= 0.3 is 0 Å². The van der Waals surface area contributed by atoms with Crippen LogP contribution in [0.1, 0.15) is 0 Å².